The van der Waals surface area contributed by atoms with Crippen molar-refractivity contribution in [3.05, 3.63) is 101 Å². The van der Waals surface area contributed by atoms with E-state index in [0.29, 0.717) is 11.1 Å². The van der Waals surface area contributed by atoms with Crippen molar-refractivity contribution in [3.63, 3.8) is 0 Å². The van der Waals surface area contributed by atoms with E-state index in [9.17, 15) is 9.59 Å². The standard InChI is InChI=1S/C25H21NO3/c1-17-15-23(18(2)26(17)20-11-4-3-5-12-20)25(28)29-16-24(27)22-14-8-10-19-9-6-7-13-21(19)22/h3-15H,16H2,1-2H3. The number of carbonyl (C=O) groups is 2. The summed E-state index contributed by atoms with van der Waals surface area (Å²) in [5.74, 6) is -0.708. The highest BCUT2D eigenvalue weighted by molar-refractivity contribution is 6.09. The van der Waals surface area contributed by atoms with Crippen LogP contribution in [-0.2, 0) is 4.74 Å². The van der Waals surface area contributed by atoms with Crippen molar-refractivity contribution in [3.8, 4) is 5.69 Å². The number of aryl methyl sites for hydroxylation is 1. The Morgan fingerprint density at radius 2 is 1.52 bits per heavy atom. The lowest BCUT2D eigenvalue weighted by molar-refractivity contribution is 0.0474. The highest BCUT2D eigenvalue weighted by Gasteiger charge is 2.19. The van der Waals surface area contributed by atoms with Crippen LogP contribution in [0.2, 0.25) is 0 Å². The molecule has 0 aliphatic carbocycles. The Labute approximate surface area is 169 Å². The predicted molar refractivity (Wildman–Crippen MR) is 114 cm³/mol. The minimum absolute atomic E-state index is 0.216. The summed E-state index contributed by atoms with van der Waals surface area (Å²) in [5.41, 5.74) is 3.73. The highest BCUT2D eigenvalue weighted by Crippen LogP contribution is 2.22. The number of esters is 1. The minimum Gasteiger partial charge on any atom is -0.454 e. The van der Waals surface area contributed by atoms with E-state index in [-0.39, 0.29) is 12.4 Å². The molecule has 29 heavy (non-hydrogen) atoms. The van der Waals surface area contributed by atoms with Crippen molar-refractivity contribution in [1.29, 1.82) is 0 Å². The van der Waals surface area contributed by atoms with Gasteiger partial charge >= 0.3 is 5.97 Å². The third kappa shape index (κ3) is 3.57. The monoisotopic (exact) mass is 383 g/mol. The van der Waals surface area contributed by atoms with Gasteiger partial charge in [0.05, 0.1) is 5.56 Å². The van der Waals surface area contributed by atoms with Gasteiger partial charge in [0.15, 0.2) is 6.61 Å². The average Bonchev–Trinajstić information content (AvgIpc) is 3.06. The van der Waals surface area contributed by atoms with Gasteiger partial charge < -0.3 is 9.30 Å². The molecule has 0 amide bonds. The van der Waals surface area contributed by atoms with E-state index in [1.165, 1.54) is 0 Å². The molecule has 0 unspecified atom stereocenters. The van der Waals surface area contributed by atoms with Gasteiger partial charge in [-0.2, -0.15) is 0 Å². The Bertz CT molecular complexity index is 1200. The van der Waals surface area contributed by atoms with Gasteiger partial charge in [0.2, 0.25) is 5.78 Å². The zero-order valence-electron chi connectivity index (χ0n) is 16.4. The molecule has 0 fully saturated rings. The molecule has 1 aromatic heterocycles. The zero-order valence-corrected chi connectivity index (χ0v) is 16.4. The molecule has 4 heteroatoms. The lowest BCUT2D eigenvalue weighted by atomic mass is 10.0. The van der Waals surface area contributed by atoms with E-state index >= 15 is 0 Å². The van der Waals surface area contributed by atoms with E-state index in [4.69, 9.17) is 4.74 Å². The molecule has 0 saturated heterocycles. The van der Waals surface area contributed by atoms with Crippen molar-refractivity contribution < 1.29 is 14.3 Å². The van der Waals surface area contributed by atoms with Gasteiger partial charge in [-0.25, -0.2) is 4.79 Å². The molecule has 1 heterocycles. The topological polar surface area (TPSA) is 48.3 Å². The number of carbonyl (C=O) groups excluding carboxylic acids is 2. The quantitative estimate of drug-likeness (QED) is 0.348. The molecule has 0 atom stereocenters. The molecule has 0 N–H and O–H groups in total. The maximum atomic E-state index is 12.7. The fourth-order valence-corrected chi connectivity index (χ4v) is 3.70. The van der Waals surface area contributed by atoms with Crippen molar-refractivity contribution in [2.24, 2.45) is 0 Å². The summed E-state index contributed by atoms with van der Waals surface area (Å²) in [6, 6.07) is 24.9. The van der Waals surface area contributed by atoms with Gasteiger partial charge in [-0.15, -0.1) is 0 Å². The molecular formula is C25H21NO3. The van der Waals surface area contributed by atoms with Gasteiger partial charge in [-0.1, -0.05) is 60.7 Å². The Morgan fingerprint density at radius 3 is 2.31 bits per heavy atom. The van der Waals surface area contributed by atoms with E-state index < -0.39 is 5.97 Å². The van der Waals surface area contributed by atoms with Crippen LogP contribution in [0.1, 0.15) is 32.1 Å². The summed E-state index contributed by atoms with van der Waals surface area (Å²) >= 11 is 0. The normalized spacial score (nSPS) is 10.8. The fourth-order valence-electron chi connectivity index (χ4n) is 3.70. The maximum Gasteiger partial charge on any atom is 0.340 e. The van der Waals surface area contributed by atoms with Crippen LogP contribution < -0.4 is 0 Å². The number of nitrogens with zero attached hydrogens (tertiary/aromatic N) is 1. The Morgan fingerprint density at radius 1 is 0.828 bits per heavy atom. The van der Waals surface area contributed by atoms with Crippen LogP contribution in [0, 0.1) is 13.8 Å². The molecule has 0 aliphatic rings. The number of benzene rings is 3. The molecule has 0 saturated carbocycles. The number of fused-ring (bicyclic) bond motifs is 1. The van der Waals surface area contributed by atoms with E-state index in [1.54, 1.807) is 12.1 Å². The zero-order chi connectivity index (χ0) is 20.4. The number of ketones is 1. The molecule has 0 radical (unpaired) electrons. The number of aromatic nitrogens is 1. The summed E-state index contributed by atoms with van der Waals surface area (Å²) in [6.07, 6.45) is 0. The third-order valence-electron chi connectivity index (χ3n) is 5.09. The largest absolute Gasteiger partial charge is 0.454 e. The lowest BCUT2D eigenvalue weighted by Crippen LogP contribution is -2.15. The number of rotatable bonds is 5. The second-order valence-corrected chi connectivity index (χ2v) is 6.98. The molecular weight excluding hydrogens is 362 g/mol. The SMILES string of the molecule is Cc1cc(C(=O)OCC(=O)c2cccc3ccccc23)c(C)n1-c1ccccc1. The van der Waals surface area contributed by atoms with E-state index in [2.05, 4.69) is 0 Å². The van der Waals surface area contributed by atoms with Crippen LogP contribution in [0.3, 0.4) is 0 Å². The summed E-state index contributed by atoms with van der Waals surface area (Å²) < 4.78 is 7.38. The first-order chi connectivity index (χ1) is 14.1. The molecule has 4 rings (SSSR count). The summed E-state index contributed by atoms with van der Waals surface area (Å²) in [7, 11) is 0. The number of hydrogen-bond donors (Lipinski definition) is 0. The summed E-state index contributed by atoms with van der Waals surface area (Å²) in [5, 5.41) is 1.84. The van der Waals surface area contributed by atoms with Crippen molar-refractivity contribution >= 4 is 22.5 Å². The second kappa shape index (κ2) is 7.76. The van der Waals surface area contributed by atoms with Crippen molar-refractivity contribution in [1.82, 2.24) is 4.57 Å². The number of ether oxygens (including phenoxy) is 1. The highest BCUT2D eigenvalue weighted by atomic mass is 16.5. The Hall–Kier alpha value is -3.66. The number of hydrogen-bond acceptors (Lipinski definition) is 3. The van der Waals surface area contributed by atoms with Crippen LogP contribution in [0.25, 0.3) is 16.5 Å². The third-order valence-corrected chi connectivity index (χ3v) is 5.09. The van der Waals surface area contributed by atoms with Crippen molar-refractivity contribution in [2.45, 2.75) is 13.8 Å². The first kappa shape index (κ1) is 18.7. The van der Waals surface area contributed by atoms with Gasteiger partial charge in [0.25, 0.3) is 0 Å². The maximum absolute atomic E-state index is 12.7. The first-order valence-electron chi connectivity index (χ1n) is 9.48. The van der Waals surface area contributed by atoms with Crippen LogP contribution in [0.15, 0.2) is 78.9 Å². The molecule has 3 aromatic carbocycles. The van der Waals surface area contributed by atoms with Gasteiger partial charge in [0.1, 0.15) is 0 Å². The molecule has 0 spiro atoms. The van der Waals surface area contributed by atoms with Crippen LogP contribution in [0.5, 0.6) is 0 Å². The van der Waals surface area contributed by atoms with E-state index in [0.717, 1.165) is 27.8 Å². The number of Topliss-reactive ketones (excluding diaryl/α,β-unsaturated/α-hetero) is 1. The molecule has 0 bridgehead atoms. The van der Waals surface area contributed by atoms with Crippen LogP contribution in [0.4, 0.5) is 0 Å². The van der Waals surface area contributed by atoms with Gasteiger partial charge in [-0.05, 0) is 42.8 Å². The Balaban J connectivity index is 1.54. The second-order valence-electron chi connectivity index (χ2n) is 6.98. The minimum atomic E-state index is -0.492. The first-order valence-corrected chi connectivity index (χ1v) is 9.48. The lowest BCUT2D eigenvalue weighted by Gasteiger charge is -2.10. The van der Waals surface area contributed by atoms with Crippen molar-refractivity contribution in [2.75, 3.05) is 6.61 Å². The summed E-state index contributed by atoms with van der Waals surface area (Å²) in [6.45, 7) is 3.53. The fraction of sp³-hybridized carbons (Fsp3) is 0.120. The molecule has 4 nitrogen and oxygen atoms in total. The van der Waals surface area contributed by atoms with Gasteiger partial charge in [-0.3, -0.25) is 4.79 Å². The molecule has 4 aromatic rings. The van der Waals surface area contributed by atoms with Gasteiger partial charge in [0, 0.05) is 22.6 Å². The Kier molecular flexibility index (Phi) is 5.00. The smallest absolute Gasteiger partial charge is 0.340 e. The summed E-state index contributed by atoms with van der Waals surface area (Å²) in [4.78, 5) is 25.4. The molecule has 0 aliphatic heterocycles. The van der Waals surface area contributed by atoms with Crippen LogP contribution >= 0.6 is 0 Å². The average molecular weight is 383 g/mol. The predicted octanol–water partition coefficient (Wildman–Crippen LogP) is 5.29. The molecule has 144 valence electrons. The van der Waals surface area contributed by atoms with Crippen LogP contribution in [-0.4, -0.2) is 22.9 Å². The number of para-hydroxylation sites is 1. The van der Waals surface area contributed by atoms with E-state index in [1.807, 2.05) is 85.1 Å².